The molecule has 0 atom stereocenters. The molecular formula is C15H15FN2O4S. The largest absolute Gasteiger partial charge is 0.396 e. The van der Waals surface area contributed by atoms with Crippen LogP contribution in [0.2, 0.25) is 0 Å². The maximum atomic E-state index is 13.1. The molecule has 0 spiro atoms. The van der Waals surface area contributed by atoms with Gasteiger partial charge in [0, 0.05) is 13.2 Å². The Balaban J connectivity index is 2.03. The molecular weight excluding hydrogens is 323 g/mol. The molecule has 1 heterocycles. The van der Waals surface area contributed by atoms with Crippen LogP contribution < -0.4 is 5.32 Å². The van der Waals surface area contributed by atoms with E-state index in [0.717, 1.165) is 4.90 Å². The average molecular weight is 338 g/mol. The molecule has 1 aromatic carbocycles. The Morgan fingerprint density at radius 2 is 2.17 bits per heavy atom. The molecule has 1 aromatic rings. The number of aliphatic hydroxyl groups is 1. The van der Waals surface area contributed by atoms with Gasteiger partial charge in [-0.1, -0.05) is 12.1 Å². The van der Waals surface area contributed by atoms with Gasteiger partial charge in [-0.2, -0.15) is 0 Å². The molecule has 0 aliphatic carbocycles. The predicted octanol–water partition coefficient (Wildman–Crippen LogP) is 1.36. The highest BCUT2D eigenvalue weighted by molar-refractivity contribution is 8.18. The molecule has 23 heavy (non-hydrogen) atoms. The summed E-state index contributed by atoms with van der Waals surface area (Å²) in [6.07, 6.45) is 1.81. The minimum atomic E-state index is -0.582. The SMILES string of the molecule is O=C(CN1C(=O)S/C(=C\c2cccc(F)c2)C1=O)NCCCO. The number of carbonyl (C=O) groups is 3. The summed E-state index contributed by atoms with van der Waals surface area (Å²) in [6, 6.07) is 5.63. The second-order valence-electron chi connectivity index (χ2n) is 4.75. The Labute approximate surface area is 136 Å². The van der Waals surface area contributed by atoms with Crippen LogP contribution in [0.25, 0.3) is 6.08 Å². The number of benzene rings is 1. The van der Waals surface area contributed by atoms with Crippen LogP contribution in [-0.4, -0.2) is 46.8 Å². The summed E-state index contributed by atoms with van der Waals surface area (Å²) in [5, 5.41) is 10.6. The van der Waals surface area contributed by atoms with E-state index in [1.165, 1.54) is 24.3 Å². The molecule has 0 unspecified atom stereocenters. The van der Waals surface area contributed by atoms with E-state index in [0.29, 0.717) is 23.7 Å². The number of thioether (sulfide) groups is 1. The van der Waals surface area contributed by atoms with E-state index in [4.69, 9.17) is 5.11 Å². The standard InChI is InChI=1S/C15H15FN2O4S/c16-11-4-1-3-10(7-11)8-12-14(21)18(15(22)23-12)9-13(20)17-5-2-6-19/h1,3-4,7-8,19H,2,5-6,9H2,(H,17,20)/b12-8-. The Morgan fingerprint density at radius 1 is 1.39 bits per heavy atom. The fourth-order valence-electron chi connectivity index (χ4n) is 1.89. The summed E-state index contributed by atoms with van der Waals surface area (Å²) in [5.41, 5.74) is 0.461. The van der Waals surface area contributed by atoms with Gasteiger partial charge in [0.1, 0.15) is 12.4 Å². The third-order valence-corrected chi connectivity index (χ3v) is 3.89. The van der Waals surface area contributed by atoms with Crippen molar-refractivity contribution in [2.75, 3.05) is 19.7 Å². The van der Waals surface area contributed by atoms with E-state index in [2.05, 4.69) is 5.32 Å². The zero-order valence-corrected chi connectivity index (χ0v) is 12.9. The normalized spacial score (nSPS) is 16.3. The molecule has 0 aromatic heterocycles. The quantitative estimate of drug-likeness (QED) is 0.604. The van der Waals surface area contributed by atoms with Crippen molar-refractivity contribution in [2.24, 2.45) is 0 Å². The second-order valence-corrected chi connectivity index (χ2v) is 5.74. The highest BCUT2D eigenvalue weighted by Gasteiger charge is 2.36. The predicted molar refractivity (Wildman–Crippen MR) is 83.8 cm³/mol. The summed E-state index contributed by atoms with van der Waals surface area (Å²) in [4.78, 5) is 36.7. The van der Waals surface area contributed by atoms with E-state index >= 15 is 0 Å². The van der Waals surface area contributed by atoms with Crippen LogP contribution in [0.3, 0.4) is 0 Å². The molecule has 1 aliphatic heterocycles. The first-order chi connectivity index (χ1) is 11.0. The van der Waals surface area contributed by atoms with Gasteiger partial charge in [-0.05, 0) is 42.0 Å². The highest BCUT2D eigenvalue weighted by atomic mass is 32.2. The van der Waals surface area contributed by atoms with Gasteiger partial charge < -0.3 is 10.4 Å². The van der Waals surface area contributed by atoms with Crippen molar-refractivity contribution in [3.8, 4) is 0 Å². The summed E-state index contributed by atoms with van der Waals surface area (Å²) in [6.45, 7) is -0.167. The van der Waals surface area contributed by atoms with Gasteiger partial charge in [-0.3, -0.25) is 19.3 Å². The van der Waals surface area contributed by atoms with Crippen LogP contribution in [0.4, 0.5) is 9.18 Å². The molecule has 2 N–H and O–H groups in total. The van der Waals surface area contributed by atoms with Crippen molar-refractivity contribution in [2.45, 2.75) is 6.42 Å². The first-order valence-corrected chi connectivity index (χ1v) is 7.71. The Hall–Kier alpha value is -2.19. The fraction of sp³-hybridized carbons (Fsp3) is 0.267. The first kappa shape index (κ1) is 17.2. The molecule has 0 radical (unpaired) electrons. The summed E-state index contributed by atoms with van der Waals surface area (Å²) >= 11 is 0.709. The monoisotopic (exact) mass is 338 g/mol. The Morgan fingerprint density at radius 3 is 2.87 bits per heavy atom. The minimum Gasteiger partial charge on any atom is -0.396 e. The number of carbonyl (C=O) groups excluding carboxylic acids is 3. The topological polar surface area (TPSA) is 86.7 Å². The Bertz CT molecular complexity index is 663. The molecule has 1 saturated heterocycles. The van der Waals surface area contributed by atoms with Gasteiger partial charge in [-0.15, -0.1) is 0 Å². The molecule has 2 rings (SSSR count). The average Bonchev–Trinajstić information content (AvgIpc) is 2.75. The van der Waals surface area contributed by atoms with Gasteiger partial charge in [0.15, 0.2) is 0 Å². The molecule has 8 heteroatoms. The number of halogens is 1. The van der Waals surface area contributed by atoms with E-state index in [1.54, 1.807) is 6.07 Å². The lowest BCUT2D eigenvalue weighted by atomic mass is 10.2. The molecule has 1 fully saturated rings. The Kier molecular flexibility index (Phi) is 5.89. The van der Waals surface area contributed by atoms with Crippen molar-refractivity contribution in [3.63, 3.8) is 0 Å². The summed E-state index contributed by atoms with van der Waals surface area (Å²) in [7, 11) is 0. The number of hydrogen-bond acceptors (Lipinski definition) is 5. The fourth-order valence-corrected chi connectivity index (χ4v) is 2.73. The molecule has 1 aliphatic rings. The van der Waals surface area contributed by atoms with E-state index in [1.807, 2.05) is 0 Å². The van der Waals surface area contributed by atoms with Gasteiger partial charge >= 0.3 is 0 Å². The van der Waals surface area contributed by atoms with Crippen molar-refractivity contribution >= 4 is 34.9 Å². The highest BCUT2D eigenvalue weighted by Crippen LogP contribution is 2.31. The molecule has 0 bridgehead atoms. The maximum Gasteiger partial charge on any atom is 0.294 e. The number of nitrogens with one attached hydrogen (secondary N) is 1. The zero-order chi connectivity index (χ0) is 16.8. The second kappa shape index (κ2) is 7.89. The lowest BCUT2D eigenvalue weighted by molar-refractivity contribution is -0.129. The van der Waals surface area contributed by atoms with Gasteiger partial charge in [0.2, 0.25) is 5.91 Å². The maximum absolute atomic E-state index is 13.1. The number of rotatable bonds is 6. The number of imide groups is 1. The van der Waals surface area contributed by atoms with E-state index in [-0.39, 0.29) is 24.6 Å². The molecule has 3 amide bonds. The van der Waals surface area contributed by atoms with Gasteiger partial charge in [0.25, 0.3) is 11.1 Å². The van der Waals surface area contributed by atoms with Crippen LogP contribution in [0.15, 0.2) is 29.2 Å². The van der Waals surface area contributed by atoms with Crippen molar-refractivity contribution in [3.05, 3.63) is 40.6 Å². The number of aliphatic hydroxyl groups excluding tert-OH is 1. The van der Waals surface area contributed by atoms with Crippen molar-refractivity contribution in [1.29, 1.82) is 0 Å². The van der Waals surface area contributed by atoms with E-state index in [9.17, 15) is 18.8 Å². The minimum absolute atomic E-state index is 0.0573. The summed E-state index contributed by atoms with van der Waals surface area (Å²) in [5.74, 6) is -1.50. The zero-order valence-electron chi connectivity index (χ0n) is 12.1. The number of nitrogens with zero attached hydrogens (tertiary/aromatic N) is 1. The van der Waals surface area contributed by atoms with Crippen LogP contribution in [-0.2, 0) is 9.59 Å². The number of hydrogen-bond donors (Lipinski definition) is 2. The van der Waals surface area contributed by atoms with Crippen LogP contribution in [0.1, 0.15) is 12.0 Å². The molecule has 6 nitrogen and oxygen atoms in total. The van der Waals surface area contributed by atoms with Gasteiger partial charge in [-0.25, -0.2) is 4.39 Å². The number of amides is 3. The van der Waals surface area contributed by atoms with Gasteiger partial charge in [0.05, 0.1) is 4.91 Å². The lowest BCUT2D eigenvalue weighted by Gasteiger charge is -2.12. The third kappa shape index (κ3) is 4.64. The summed E-state index contributed by atoms with van der Waals surface area (Å²) < 4.78 is 13.1. The van der Waals surface area contributed by atoms with Crippen LogP contribution >= 0.6 is 11.8 Å². The van der Waals surface area contributed by atoms with Crippen LogP contribution in [0.5, 0.6) is 0 Å². The smallest absolute Gasteiger partial charge is 0.294 e. The van der Waals surface area contributed by atoms with Crippen molar-refractivity contribution in [1.82, 2.24) is 10.2 Å². The van der Waals surface area contributed by atoms with E-state index < -0.39 is 22.9 Å². The third-order valence-electron chi connectivity index (χ3n) is 2.98. The first-order valence-electron chi connectivity index (χ1n) is 6.90. The van der Waals surface area contributed by atoms with Crippen molar-refractivity contribution < 1.29 is 23.9 Å². The molecule has 122 valence electrons. The molecule has 0 saturated carbocycles. The lowest BCUT2D eigenvalue weighted by Crippen LogP contribution is -2.39. The van der Waals surface area contributed by atoms with Crippen LogP contribution in [0, 0.1) is 5.82 Å².